The zero-order valence-corrected chi connectivity index (χ0v) is 26.8. The van der Waals surface area contributed by atoms with Gasteiger partial charge in [0.25, 0.3) is 0 Å². The number of hydrogen-bond acceptors (Lipinski definition) is 2. The first kappa shape index (κ1) is 36.2. The Morgan fingerprint density at radius 1 is 0.595 bits per heavy atom. The van der Waals surface area contributed by atoms with Crippen LogP contribution >= 0.6 is 0 Å². The minimum atomic E-state index is 0. The summed E-state index contributed by atoms with van der Waals surface area (Å²) < 4.78 is 2.24. The Morgan fingerprint density at radius 2 is 0.946 bits per heavy atom. The van der Waals surface area contributed by atoms with Crippen molar-refractivity contribution in [2.75, 3.05) is 26.2 Å². The average molecular weight is 520 g/mol. The van der Waals surface area contributed by atoms with Crippen LogP contribution in [-0.2, 0) is 7.05 Å². The highest BCUT2D eigenvalue weighted by molar-refractivity contribution is 5.23. The van der Waals surface area contributed by atoms with Crippen molar-refractivity contribution in [1.82, 2.24) is 14.4 Å². The van der Waals surface area contributed by atoms with Crippen molar-refractivity contribution in [2.45, 2.75) is 140 Å². The Kier molecular flexibility index (Phi) is 17.3. The summed E-state index contributed by atoms with van der Waals surface area (Å²) in [6.07, 6.45) is 8.18. The van der Waals surface area contributed by atoms with E-state index in [4.69, 9.17) is 0 Å². The van der Waals surface area contributed by atoms with Gasteiger partial charge in [-0.2, -0.15) is 0 Å². The maximum absolute atomic E-state index is 2.55. The summed E-state index contributed by atoms with van der Waals surface area (Å²) in [7, 11) is 2.13. The summed E-state index contributed by atoms with van der Waals surface area (Å²) in [5.41, 5.74) is 2.87. The SMILES string of the molecule is C.CC(C)C1CCC(C(C)C)CC1.CC(C)N1CCN(C(C)C)CC1.CC(C)c1cc(C(C)C)n(C)c1. The van der Waals surface area contributed by atoms with Crippen molar-refractivity contribution >= 4 is 0 Å². The molecule has 2 aliphatic rings. The molecule has 3 nitrogen and oxygen atoms in total. The van der Waals surface area contributed by atoms with E-state index in [1.165, 1.54) is 63.1 Å². The second kappa shape index (κ2) is 17.7. The minimum absolute atomic E-state index is 0. The molecule has 1 aliphatic carbocycles. The maximum Gasteiger partial charge on any atom is 0.0200 e. The molecule has 0 N–H and O–H groups in total. The van der Waals surface area contributed by atoms with Crippen LogP contribution in [0, 0.1) is 23.7 Å². The molecule has 0 amide bonds. The molecular formula is C34H69N3. The van der Waals surface area contributed by atoms with E-state index in [0.29, 0.717) is 11.8 Å². The fraction of sp³-hybridized carbons (Fsp3) is 0.882. The lowest BCUT2D eigenvalue weighted by molar-refractivity contribution is 0.0887. The van der Waals surface area contributed by atoms with Gasteiger partial charge >= 0.3 is 0 Å². The lowest BCUT2D eigenvalue weighted by Gasteiger charge is -2.38. The minimum Gasteiger partial charge on any atom is -0.354 e. The van der Waals surface area contributed by atoms with Crippen molar-refractivity contribution in [2.24, 2.45) is 30.7 Å². The predicted octanol–water partition coefficient (Wildman–Crippen LogP) is 9.43. The Hall–Kier alpha value is -0.800. The summed E-state index contributed by atoms with van der Waals surface area (Å²) in [4.78, 5) is 5.11. The summed E-state index contributed by atoms with van der Waals surface area (Å²) in [6, 6.07) is 3.76. The van der Waals surface area contributed by atoms with Gasteiger partial charge in [0, 0.05) is 57.2 Å². The molecule has 0 spiro atoms. The van der Waals surface area contributed by atoms with E-state index in [1.54, 1.807) is 0 Å². The number of aryl methyl sites for hydroxylation is 1. The molecule has 0 atom stereocenters. The number of rotatable bonds is 6. The van der Waals surface area contributed by atoms with Crippen LogP contribution in [-0.4, -0.2) is 52.6 Å². The highest BCUT2D eigenvalue weighted by Gasteiger charge is 2.24. The molecule has 1 aliphatic heterocycles. The van der Waals surface area contributed by atoms with E-state index in [-0.39, 0.29) is 7.43 Å². The van der Waals surface area contributed by atoms with Gasteiger partial charge in [-0.15, -0.1) is 0 Å². The Balaban J connectivity index is 0.000000518. The largest absolute Gasteiger partial charge is 0.354 e. The van der Waals surface area contributed by atoms with Crippen LogP contribution in [0.25, 0.3) is 0 Å². The summed E-state index contributed by atoms with van der Waals surface area (Å²) in [5.74, 6) is 5.16. The topological polar surface area (TPSA) is 11.4 Å². The summed E-state index contributed by atoms with van der Waals surface area (Å²) in [5, 5.41) is 0. The summed E-state index contributed by atoms with van der Waals surface area (Å²) in [6.45, 7) is 32.6. The first-order valence-electron chi connectivity index (χ1n) is 15.4. The smallest absolute Gasteiger partial charge is 0.0200 e. The third-order valence-electron chi connectivity index (χ3n) is 8.83. The standard InChI is InChI=1S/C12H24.C11H19N.C10H22N2.CH4/c1-9(2)11-5-7-12(8-6-11)10(3)4;1-8(2)10-6-11(9(3)4)12(5)7-10;1-9(2)11-5-7-12(8-6-11)10(3)4;/h9-12H,5-8H2,1-4H3;6-9H,1-5H3;9-10H,5-8H2,1-4H3;1H4. The van der Waals surface area contributed by atoms with Crippen LogP contribution in [0.2, 0.25) is 0 Å². The number of aromatic nitrogens is 1. The van der Waals surface area contributed by atoms with Gasteiger partial charge in [-0.05, 0) is 101 Å². The van der Waals surface area contributed by atoms with Gasteiger partial charge in [0.2, 0.25) is 0 Å². The summed E-state index contributed by atoms with van der Waals surface area (Å²) >= 11 is 0. The van der Waals surface area contributed by atoms with Crippen LogP contribution in [0.15, 0.2) is 12.3 Å². The molecule has 37 heavy (non-hydrogen) atoms. The van der Waals surface area contributed by atoms with Crippen molar-refractivity contribution in [3.8, 4) is 0 Å². The van der Waals surface area contributed by atoms with Gasteiger partial charge in [0.1, 0.15) is 0 Å². The molecule has 3 heteroatoms. The Morgan fingerprint density at radius 3 is 1.14 bits per heavy atom. The molecule has 0 bridgehead atoms. The second-order valence-corrected chi connectivity index (χ2v) is 13.5. The molecule has 1 saturated heterocycles. The molecule has 0 aromatic carbocycles. The van der Waals surface area contributed by atoms with Crippen LogP contribution in [0.5, 0.6) is 0 Å². The molecule has 0 radical (unpaired) electrons. The molecule has 1 aromatic heterocycles. The lowest BCUT2D eigenvalue weighted by atomic mass is 9.73. The van der Waals surface area contributed by atoms with Gasteiger partial charge in [0.15, 0.2) is 0 Å². The van der Waals surface area contributed by atoms with Gasteiger partial charge < -0.3 is 4.57 Å². The molecular weight excluding hydrogens is 450 g/mol. The van der Waals surface area contributed by atoms with Crippen LogP contribution in [0.4, 0.5) is 0 Å². The highest BCUT2D eigenvalue weighted by Crippen LogP contribution is 2.36. The molecule has 1 saturated carbocycles. The maximum atomic E-state index is 2.55. The van der Waals surface area contributed by atoms with Gasteiger partial charge in [0.05, 0.1) is 0 Å². The average Bonchev–Trinajstić information content (AvgIpc) is 3.22. The Bertz CT molecular complexity index is 618. The highest BCUT2D eigenvalue weighted by atomic mass is 15.3. The third kappa shape index (κ3) is 12.7. The quantitative estimate of drug-likeness (QED) is 0.371. The van der Waals surface area contributed by atoms with Gasteiger partial charge in [-0.25, -0.2) is 0 Å². The van der Waals surface area contributed by atoms with Crippen molar-refractivity contribution < 1.29 is 0 Å². The van der Waals surface area contributed by atoms with E-state index < -0.39 is 0 Å². The Labute approximate surface area is 234 Å². The van der Waals surface area contributed by atoms with E-state index in [0.717, 1.165) is 35.8 Å². The van der Waals surface area contributed by atoms with Gasteiger partial charge in [-0.1, -0.05) is 62.8 Å². The molecule has 2 fully saturated rings. The zero-order chi connectivity index (χ0) is 27.6. The third-order valence-corrected chi connectivity index (χ3v) is 8.83. The molecule has 220 valence electrons. The number of piperazine rings is 1. The van der Waals surface area contributed by atoms with Crippen molar-refractivity contribution in [1.29, 1.82) is 0 Å². The molecule has 3 rings (SSSR count). The fourth-order valence-corrected chi connectivity index (χ4v) is 5.75. The molecule has 1 aromatic rings. The van der Waals surface area contributed by atoms with E-state index in [2.05, 4.69) is 117 Å². The second-order valence-electron chi connectivity index (χ2n) is 13.5. The number of hydrogen-bond donors (Lipinski definition) is 0. The van der Waals surface area contributed by atoms with Crippen LogP contribution < -0.4 is 0 Å². The van der Waals surface area contributed by atoms with E-state index in [1.807, 2.05) is 0 Å². The number of nitrogens with zero attached hydrogens (tertiary/aromatic N) is 3. The van der Waals surface area contributed by atoms with E-state index in [9.17, 15) is 0 Å². The van der Waals surface area contributed by atoms with E-state index >= 15 is 0 Å². The predicted molar refractivity (Wildman–Crippen MR) is 169 cm³/mol. The first-order valence-corrected chi connectivity index (χ1v) is 15.4. The molecule has 0 unspecified atom stereocenters. The first-order chi connectivity index (χ1) is 16.7. The van der Waals surface area contributed by atoms with Crippen LogP contribution in [0.1, 0.15) is 139 Å². The monoisotopic (exact) mass is 520 g/mol. The fourth-order valence-electron chi connectivity index (χ4n) is 5.75. The van der Waals surface area contributed by atoms with Crippen LogP contribution in [0.3, 0.4) is 0 Å². The lowest BCUT2D eigenvalue weighted by Crippen LogP contribution is -2.50. The van der Waals surface area contributed by atoms with Crippen molar-refractivity contribution in [3.63, 3.8) is 0 Å². The van der Waals surface area contributed by atoms with Gasteiger partial charge in [-0.3, -0.25) is 9.80 Å². The zero-order valence-electron chi connectivity index (χ0n) is 26.8. The molecule has 2 heterocycles. The van der Waals surface area contributed by atoms with Crippen molar-refractivity contribution in [3.05, 3.63) is 23.5 Å². The normalized spacial score (nSPS) is 21.3.